The standard InChI is InChI=1S/C22H25N3O2/c1-22(2,3)17-9-5-10-18(15-17)27-14-13-24-21(26)25-19-11-4-7-16-8-6-12-23-20(16)19/h4-12,15H,13-14H2,1-3H3,(H2,24,25,26). The van der Waals surface area contributed by atoms with E-state index in [1.54, 1.807) is 6.20 Å². The van der Waals surface area contributed by atoms with Crippen molar-refractivity contribution in [2.45, 2.75) is 26.2 Å². The van der Waals surface area contributed by atoms with Crippen molar-refractivity contribution in [1.29, 1.82) is 0 Å². The number of carbonyl (C=O) groups is 1. The average molecular weight is 363 g/mol. The Labute approximate surface area is 159 Å². The highest BCUT2D eigenvalue weighted by Gasteiger charge is 2.13. The van der Waals surface area contributed by atoms with Crippen molar-refractivity contribution in [3.8, 4) is 5.75 Å². The van der Waals surface area contributed by atoms with Gasteiger partial charge in [0.25, 0.3) is 0 Å². The molecule has 0 atom stereocenters. The summed E-state index contributed by atoms with van der Waals surface area (Å²) in [5.41, 5.74) is 2.74. The molecule has 0 spiro atoms. The van der Waals surface area contributed by atoms with Crippen LogP contribution in [0.3, 0.4) is 0 Å². The average Bonchev–Trinajstić information content (AvgIpc) is 2.65. The molecule has 0 bridgehead atoms. The monoisotopic (exact) mass is 363 g/mol. The lowest BCUT2D eigenvalue weighted by Gasteiger charge is -2.19. The number of pyridine rings is 1. The molecule has 1 aromatic heterocycles. The summed E-state index contributed by atoms with van der Waals surface area (Å²) < 4.78 is 5.76. The number of hydrogen-bond donors (Lipinski definition) is 2. The fraction of sp³-hybridized carbons (Fsp3) is 0.273. The molecule has 27 heavy (non-hydrogen) atoms. The number of carbonyl (C=O) groups excluding carboxylic acids is 1. The van der Waals surface area contributed by atoms with Crippen LogP contribution in [-0.2, 0) is 5.41 Å². The predicted octanol–water partition coefficient (Wildman–Crippen LogP) is 4.73. The first-order valence-electron chi connectivity index (χ1n) is 9.05. The van der Waals surface area contributed by atoms with Gasteiger partial charge in [0.1, 0.15) is 12.4 Å². The Kier molecular flexibility index (Phi) is 5.60. The van der Waals surface area contributed by atoms with Gasteiger partial charge in [0.2, 0.25) is 0 Å². The number of benzene rings is 2. The molecule has 0 fully saturated rings. The van der Waals surface area contributed by atoms with Crippen LogP contribution in [0.15, 0.2) is 60.8 Å². The molecular weight excluding hydrogens is 338 g/mol. The number of hydrogen-bond acceptors (Lipinski definition) is 3. The molecule has 0 aliphatic carbocycles. The Morgan fingerprint density at radius 3 is 2.67 bits per heavy atom. The maximum absolute atomic E-state index is 12.1. The Balaban J connectivity index is 1.50. The second-order valence-corrected chi connectivity index (χ2v) is 7.39. The van der Waals surface area contributed by atoms with Crippen LogP contribution in [0.1, 0.15) is 26.3 Å². The second-order valence-electron chi connectivity index (χ2n) is 7.39. The molecule has 5 nitrogen and oxygen atoms in total. The molecule has 0 radical (unpaired) electrons. The zero-order valence-corrected chi connectivity index (χ0v) is 16.0. The highest BCUT2D eigenvalue weighted by atomic mass is 16.5. The van der Waals surface area contributed by atoms with E-state index >= 15 is 0 Å². The first-order chi connectivity index (χ1) is 12.9. The van der Waals surface area contributed by atoms with Crippen molar-refractivity contribution in [1.82, 2.24) is 10.3 Å². The molecule has 2 aromatic carbocycles. The molecule has 0 aliphatic heterocycles. The molecule has 0 saturated carbocycles. The van der Waals surface area contributed by atoms with E-state index in [-0.39, 0.29) is 11.4 Å². The normalized spacial score (nSPS) is 11.2. The lowest BCUT2D eigenvalue weighted by molar-refractivity contribution is 0.247. The van der Waals surface area contributed by atoms with Crippen molar-refractivity contribution in [2.24, 2.45) is 0 Å². The van der Waals surface area contributed by atoms with Crippen LogP contribution < -0.4 is 15.4 Å². The molecule has 0 unspecified atom stereocenters. The lowest BCUT2D eigenvalue weighted by atomic mass is 9.87. The number of rotatable bonds is 5. The third kappa shape index (κ3) is 4.97. The van der Waals surface area contributed by atoms with Gasteiger partial charge >= 0.3 is 6.03 Å². The number of para-hydroxylation sites is 1. The Morgan fingerprint density at radius 2 is 1.85 bits per heavy atom. The summed E-state index contributed by atoms with van der Waals surface area (Å²) in [5.74, 6) is 0.808. The summed E-state index contributed by atoms with van der Waals surface area (Å²) in [6, 6.07) is 17.3. The third-order valence-corrected chi connectivity index (χ3v) is 4.24. The van der Waals surface area contributed by atoms with E-state index in [1.165, 1.54) is 5.56 Å². The third-order valence-electron chi connectivity index (χ3n) is 4.24. The Bertz CT molecular complexity index is 927. The van der Waals surface area contributed by atoms with Crippen molar-refractivity contribution < 1.29 is 9.53 Å². The van der Waals surface area contributed by atoms with Gasteiger partial charge < -0.3 is 15.4 Å². The second kappa shape index (κ2) is 8.08. The van der Waals surface area contributed by atoms with Crippen LogP contribution in [0.2, 0.25) is 0 Å². The van der Waals surface area contributed by atoms with E-state index in [9.17, 15) is 4.79 Å². The van der Waals surface area contributed by atoms with Gasteiger partial charge in [-0.15, -0.1) is 0 Å². The summed E-state index contributed by atoms with van der Waals surface area (Å²) in [6.07, 6.45) is 1.71. The zero-order chi connectivity index (χ0) is 19.3. The van der Waals surface area contributed by atoms with Crippen molar-refractivity contribution >= 4 is 22.6 Å². The SMILES string of the molecule is CC(C)(C)c1cccc(OCCNC(=O)Nc2cccc3cccnc23)c1. The van der Waals surface area contributed by atoms with E-state index in [0.717, 1.165) is 16.7 Å². The maximum atomic E-state index is 12.1. The van der Waals surface area contributed by atoms with E-state index in [2.05, 4.69) is 42.5 Å². The van der Waals surface area contributed by atoms with E-state index in [4.69, 9.17) is 4.74 Å². The molecule has 5 heteroatoms. The quantitative estimate of drug-likeness (QED) is 0.644. The van der Waals surface area contributed by atoms with Gasteiger partial charge in [-0.1, -0.05) is 51.1 Å². The van der Waals surface area contributed by atoms with Crippen LogP contribution in [0.4, 0.5) is 10.5 Å². The van der Waals surface area contributed by atoms with Crippen molar-refractivity contribution in [2.75, 3.05) is 18.5 Å². The summed E-state index contributed by atoms with van der Waals surface area (Å²) in [6.45, 7) is 7.30. The number of ether oxygens (including phenoxy) is 1. The van der Waals surface area contributed by atoms with Crippen LogP contribution in [-0.4, -0.2) is 24.2 Å². The molecule has 140 valence electrons. The first kappa shape index (κ1) is 18.7. The number of urea groups is 1. The van der Waals surface area contributed by atoms with Crippen LogP contribution in [0, 0.1) is 0 Å². The molecular formula is C22H25N3O2. The van der Waals surface area contributed by atoms with Gasteiger partial charge in [0, 0.05) is 11.6 Å². The van der Waals surface area contributed by atoms with Gasteiger partial charge in [-0.2, -0.15) is 0 Å². The topological polar surface area (TPSA) is 63.2 Å². The van der Waals surface area contributed by atoms with Crippen molar-refractivity contribution in [3.05, 3.63) is 66.4 Å². The number of fused-ring (bicyclic) bond motifs is 1. The molecule has 0 saturated heterocycles. The number of nitrogens with one attached hydrogen (secondary N) is 2. The summed E-state index contributed by atoms with van der Waals surface area (Å²) in [5, 5.41) is 6.64. The van der Waals surface area contributed by atoms with Crippen molar-refractivity contribution in [3.63, 3.8) is 0 Å². The number of anilines is 1. The lowest BCUT2D eigenvalue weighted by Crippen LogP contribution is -2.32. The van der Waals surface area contributed by atoms with Crippen LogP contribution in [0.25, 0.3) is 10.9 Å². The van der Waals surface area contributed by atoms with E-state index < -0.39 is 0 Å². The molecule has 3 rings (SSSR count). The van der Waals surface area contributed by atoms with Crippen LogP contribution in [0.5, 0.6) is 5.75 Å². The summed E-state index contributed by atoms with van der Waals surface area (Å²) in [7, 11) is 0. The zero-order valence-electron chi connectivity index (χ0n) is 16.0. The highest BCUT2D eigenvalue weighted by Crippen LogP contribution is 2.25. The summed E-state index contributed by atoms with van der Waals surface area (Å²) in [4.78, 5) is 16.5. The fourth-order valence-corrected chi connectivity index (χ4v) is 2.76. The fourth-order valence-electron chi connectivity index (χ4n) is 2.76. The van der Waals surface area contributed by atoms with Gasteiger partial charge in [-0.25, -0.2) is 4.79 Å². The van der Waals surface area contributed by atoms with Gasteiger partial charge in [0.15, 0.2) is 0 Å². The first-order valence-corrected chi connectivity index (χ1v) is 9.05. The van der Waals surface area contributed by atoms with Gasteiger partial charge in [0.05, 0.1) is 17.7 Å². The highest BCUT2D eigenvalue weighted by molar-refractivity contribution is 5.99. The summed E-state index contributed by atoms with van der Waals surface area (Å²) >= 11 is 0. The number of nitrogens with zero attached hydrogens (tertiary/aromatic N) is 1. The largest absolute Gasteiger partial charge is 0.492 e. The minimum absolute atomic E-state index is 0.0734. The molecule has 1 heterocycles. The maximum Gasteiger partial charge on any atom is 0.319 e. The molecule has 2 N–H and O–H groups in total. The smallest absolute Gasteiger partial charge is 0.319 e. The Morgan fingerprint density at radius 1 is 1.07 bits per heavy atom. The minimum Gasteiger partial charge on any atom is -0.492 e. The Hall–Kier alpha value is -3.08. The number of amides is 2. The van der Waals surface area contributed by atoms with E-state index in [0.29, 0.717) is 18.8 Å². The predicted molar refractivity (Wildman–Crippen MR) is 109 cm³/mol. The minimum atomic E-state index is -0.278. The van der Waals surface area contributed by atoms with Crippen LogP contribution >= 0.6 is 0 Å². The molecule has 3 aromatic rings. The van der Waals surface area contributed by atoms with Gasteiger partial charge in [-0.3, -0.25) is 4.98 Å². The number of aromatic nitrogens is 1. The van der Waals surface area contributed by atoms with E-state index in [1.807, 2.05) is 48.5 Å². The molecule has 0 aliphatic rings. The molecule has 2 amide bonds. The van der Waals surface area contributed by atoms with Gasteiger partial charge in [-0.05, 0) is 35.2 Å².